The summed E-state index contributed by atoms with van der Waals surface area (Å²) in [4.78, 5) is 11.4. The van der Waals surface area contributed by atoms with Gasteiger partial charge in [-0.15, -0.1) is 0 Å². The van der Waals surface area contributed by atoms with Crippen molar-refractivity contribution in [3.8, 4) is 11.8 Å². The molecule has 3 nitrogen and oxygen atoms in total. The SMILES string of the molecule is COC(=O)c1ccc(C)cc1C#CCCO. The van der Waals surface area contributed by atoms with Crippen LogP contribution >= 0.6 is 0 Å². The van der Waals surface area contributed by atoms with Crippen LogP contribution in [-0.4, -0.2) is 24.8 Å². The molecular formula is C13H14O3. The fourth-order valence-electron chi connectivity index (χ4n) is 1.26. The summed E-state index contributed by atoms with van der Waals surface area (Å²) in [7, 11) is 1.34. The number of benzene rings is 1. The standard InChI is InChI=1S/C13H14O3/c1-10-6-7-12(13(15)16-2)11(9-10)5-3-4-8-14/h6-7,9,14H,4,8H2,1-2H3. The van der Waals surface area contributed by atoms with E-state index in [1.54, 1.807) is 6.07 Å². The Hall–Kier alpha value is -1.79. The average molecular weight is 218 g/mol. The van der Waals surface area contributed by atoms with Crippen LogP contribution in [0.3, 0.4) is 0 Å². The second-order valence-corrected chi connectivity index (χ2v) is 3.32. The summed E-state index contributed by atoms with van der Waals surface area (Å²) in [6, 6.07) is 5.37. The molecule has 0 atom stereocenters. The lowest BCUT2D eigenvalue weighted by molar-refractivity contribution is 0.0600. The minimum Gasteiger partial charge on any atom is -0.465 e. The number of rotatable bonds is 2. The average Bonchev–Trinajstić information content (AvgIpc) is 2.29. The number of ether oxygens (including phenoxy) is 1. The van der Waals surface area contributed by atoms with Crippen LogP contribution in [0.25, 0.3) is 0 Å². The van der Waals surface area contributed by atoms with Gasteiger partial charge < -0.3 is 9.84 Å². The molecule has 0 saturated heterocycles. The number of aliphatic hydroxyl groups excluding tert-OH is 1. The van der Waals surface area contributed by atoms with Gasteiger partial charge in [0.05, 0.1) is 19.3 Å². The highest BCUT2D eigenvalue weighted by Crippen LogP contribution is 2.11. The lowest BCUT2D eigenvalue weighted by Crippen LogP contribution is -2.04. The number of hydrogen-bond donors (Lipinski definition) is 1. The zero-order valence-corrected chi connectivity index (χ0v) is 9.41. The minimum atomic E-state index is -0.395. The van der Waals surface area contributed by atoms with Crippen molar-refractivity contribution in [3.05, 3.63) is 34.9 Å². The summed E-state index contributed by atoms with van der Waals surface area (Å²) in [6.45, 7) is 1.95. The first-order valence-corrected chi connectivity index (χ1v) is 4.97. The summed E-state index contributed by atoms with van der Waals surface area (Å²) in [5.74, 6) is 5.25. The van der Waals surface area contributed by atoms with E-state index in [1.807, 2.05) is 19.1 Å². The Balaban J connectivity index is 3.09. The minimum absolute atomic E-state index is 0.0202. The molecule has 0 aromatic heterocycles. The van der Waals surface area contributed by atoms with E-state index in [-0.39, 0.29) is 6.61 Å². The van der Waals surface area contributed by atoms with Crippen molar-refractivity contribution in [1.29, 1.82) is 0 Å². The number of aliphatic hydroxyl groups is 1. The number of carbonyl (C=O) groups excluding carboxylic acids is 1. The molecule has 1 aromatic carbocycles. The second kappa shape index (κ2) is 5.94. The van der Waals surface area contributed by atoms with E-state index in [1.165, 1.54) is 7.11 Å². The van der Waals surface area contributed by atoms with Crippen LogP contribution in [0.15, 0.2) is 18.2 Å². The predicted octanol–water partition coefficient (Wildman–Crippen LogP) is 1.52. The number of carbonyl (C=O) groups is 1. The smallest absolute Gasteiger partial charge is 0.339 e. The Morgan fingerprint density at radius 1 is 1.50 bits per heavy atom. The van der Waals surface area contributed by atoms with E-state index in [0.717, 1.165) is 5.56 Å². The van der Waals surface area contributed by atoms with Gasteiger partial charge in [-0.3, -0.25) is 0 Å². The molecule has 1 rings (SSSR count). The summed E-state index contributed by atoms with van der Waals surface area (Å²) in [6.07, 6.45) is 0.397. The van der Waals surface area contributed by atoms with Gasteiger partial charge in [0, 0.05) is 12.0 Å². The summed E-state index contributed by atoms with van der Waals surface area (Å²) < 4.78 is 4.67. The van der Waals surface area contributed by atoms with Crippen molar-refractivity contribution < 1.29 is 14.6 Å². The fourth-order valence-corrected chi connectivity index (χ4v) is 1.26. The van der Waals surface area contributed by atoms with E-state index in [4.69, 9.17) is 5.11 Å². The molecule has 0 bridgehead atoms. The molecule has 0 aliphatic rings. The number of hydrogen-bond acceptors (Lipinski definition) is 3. The maximum absolute atomic E-state index is 11.4. The molecule has 16 heavy (non-hydrogen) atoms. The highest BCUT2D eigenvalue weighted by atomic mass is 16.5. The molecule has 0 aliphatic heterocycles. The lowest BCUT2D eigenvalue weighted by Gasteiger charge is -2.03. The Kier molecular flexibility index (Phi) is 4.56. The molecule has 0 heterocycles. The fraction of sp³-hybridized carbons (Fsp3) is 0.308. The zero-order chi connectivity index (χ0) is 12.0. The van der Waals surface area contributed by atoms with Crippen molar-refractivity contribution in [2.75, 3.05) is 13.7 Å². The van der Waals surface area contributed by atoms with Gasteiger partial charge >= 0.3 is 5.97 Å². The largest absolute Gasteiger partial charge is 0.465 e. The van der Waals surface area contributed by atoms with Gasteiger partial charge in [0.15, 0.2) is 0 Å². The van der Waals surface area contributed by atoms with Crippen molar-refractivity contribution in [2.45, 2.75) is 13.3 Å². The molecule has 0 radical (unpaired) electrons. The monoisotopic (exact) mass is 218 g/mol. The van der Waals surface area contributed by atoms with Gasteiger partial charge in [-0.25, -0.2) is 4.79 Å². The van der Waals surface area contributed by atoms with Gasteiger partial charge in [-0.1, -0.05) is 17.9 Å². The zero-order valence-electron chi connectivity index (χ0n) is 9.41. The number of aryl methyl sites for hydroxylation is 1. The third-order valence-electron chi connectivity index (χ3n) is 2.04. The molecule has 0 unspecified atom stereocenters. The van der Waals surface area contributed by atoms with Crippen molar-refractivity contribution in [3.63, 3.8) is 0 Å². The van der Waals surface area contributed by atoms with E-state index < -0.39 is 5.97 Å². The van der Waals surface area contributed by atoms with E-state index in [0.29, 0.717) is 17.5 Å². The van der Waals surface area contributed by atoms with Crippen LogP contribution in [-0.2, 0) is 4.74 Å². The molecule has 0 aliphatic carbocycles. The molecule has 3 heteroatoms. The van der Waals surface area contributed by atoms with E-state index in [9.17, 15) is 4.79 Å². The van der Waals surface area contributed by atoms with Crippen LogP contribution < -0.4 is 0 Å². The Bertz CT molecular complexity index is 438. The molecule has 0 amide bonds. The third kappa shape index (κ3) is 3.11. The quantitative estimate of drug-likeness (QED) is 0.604. The number of methoxy groups -OCH3 is 1. The van der Waals surface area contributed by atoms with Gasteiger partial charge in [-0.05, 0) is 24.6 Å². The molecule has 0 spiro atoms. The normalized spacial score (nSPS) is 9.19. The third-order valence-corrected chi connectivity index (χ3v) is 2.04. The maximum Gasteiger partial charge on any atom is 0.339 e. The van der Waals surface area contributed by atoms with Crippen molar-refractivity contribution >= 4 is 5.97 Å². The van der Waals surface area contributed by atoms with E-state index >= 15 is 0 Å². The number of esters is 1. The molecule has 1 N–H and O–H groups in total. The topological polar surface area (TPSA) is 46.5 Å². The Morgan fingerprint density at radius 3 is 2.88 bits per heavy atom. The molecule has 0 saturated carbocycles. The lowest BCUT2D eigenvalue weighted by atomic mass is 10.0. The highest BCUT2D eigenvalue weighted by Gasteiger charge is 2.09. The molecular weight excluding hydrogens is 204 g/mol. The van der Waals surface area contributed by atoms with Gasteiger partial charge in [0.1, 0.15) is 0 Å². The summed E-state index contributed by atoms with van der Waals surface area (Å²) in [5, 5.41) is 8.63. The first-order chi connectivity index (χ1) is 7.69. The van der Waals surface area contributed by atoms with Crippen molar-refractivity contribution in [2.24, 2.45) is 0 Å². The first-order valence-electron chi connectivity index (χ1n) is 4.97. The summed E-state index contributed by atoms with van der Waals surface area (Å²) in [5.41, 5.74) is 2.12. The van der Waals surface area contributed by atoms with Crippen LogP contribution in [0.1, 0.15) is 27.9 Å². The van der Waals surface area contributed by atoms with E-state index in [2.05, 4.69) is 16.6 Å². The van der Waals surface area contributed by atoms with Crippen LogP contribution in [0, 0.1) is 18.8 Å². The second-order valence-electron chi connectivity index (χ2n) is 3.32. The Labute approximate surface area is 95.1 Å². The van der Waals surface area contributed by atoms with Crippen LogP contribution in [0.2, 0.25) is 0 Å². The Morgan fingerprint density at radius 2 is 2.25 bits per heavy atom. The van der Waals surface area contributed by atoms with Gasteiger partial charge in [-0.2, -0.15) is 0 Å². The van der Waals surface area contributed by atoms with Gasteiger partial charge in [0.2, 0.25) is 0 Å². The van der Waals surface area contributed by atoms with Crippen LogP contribution in [0.5, 0.6) is 0 Å². The van der Waals surface area contributed by atoms with Gasteiger partial charge in [0.25, 0.3) is 0 Å². The van der Waals surface area contributed by atoms with Crippen molar-refractivity contribution in [1.82, 2.24) is 0 Å². The molecule has 84 valence electrons. The summed E-state index contributed by atoms with van der Waals surface area (Å²) >= 11 is 0. The van der Waals surface area contributed by atoms with Crippen LogP contribution in [0.4, 0.5) is 0 Å². The maximum atomic E-state index is 11.4. The highest BCUT2D eigenvalue weighted by molar-refractivity contribution is 5.92. The predicted molar refractivity (Wildman–Crippen MR) is 61.1 cm³/mol. The first kappa shape index (κ1) is 12.3. The molecule has 0 fully saturated rings. The molecule has 1 aromatic rings.